The van der Waals surface area contributed by atoms with Crippen molar-refractivity contribution in [1.29, 1.82) is 0 Å². The summed E-state index contributed by atoms with van der Waals surface area (Å²) >= 11 is 7.15. The number of thiazole rings is 6. The van der Waals surface area contributed by atoms with Gasteiger partial charge in [-0.15, -0.1) is 68.0 Å². The monoisotopic (exact) mass is 1290 g/mol. The number of aromatic nitrogens is 8. The second kappa shape index (κ2) is 25.9. The van der Waals surface area contributed by atoms with Crippen molar-refractivity contribution in [2.24, 2.45) is 11.7 Å². The number of nitrogens with two attached hydrogens (primary N) is 1. The number of hydrogen-bond donors (Lipinski definition) is 7. The number of amides is 7. The first-order valence-corrected chi connectivity index (χ1v) is 32.1. The Hall–Kier alpha value is -8.43. The molecule has 2 aliphatic heterocycles. The van der Waals surface area contributed by atoms with Crippen LogP contribution in [-0.2, 0) is 25.7 Å². The predicted octanol–water partition coefficient (Wildman–Crippen LogP) is 7.06. The van der Waals surface area contributed by atoms with Gasteiger partial charge in [-0.2, -0.15) is 0 Å². The molecule has 1 saturated heterocycles. The quantitative estimate of drug-likeness (QED) is 0.0681. The number of pyridine rings is 1. The average molecular weight is 1290 g/mol. The van der Waals surface area contributed by atoms with Gasteiger partial charge in [0.1, 0.15) is 94.4 Å². The predicted molar refractivity (Wildman–Crippen MR) is 326 cm³/mol. The average Bonchev–Trinajstić information content (AvgIpc) is 2.59. The van der Waals surface area contributed by atoms with Crippen molar-refractivity contribution in [1.82, 2.24) is 71.4 Å². The van der Waals surface area contributed by atoms with Crippen LogP contribution in [0.5, 0.6) is 0 Å². The third-order valence-electron chi connectivity index (χ3n) is 14.0. The third-order valence-corrected chi connectivity index (χ3v) is 19.8. The molecule has 87 heavy (non-hydrogen) atoms. The molecule has 5 atom stereocenters. The lowest BCUT2D eigenvalue weighted by atomic mass is 10.0. The van der Waals surface area contributed by atoms with E-state index in [1.165, 1.54) is 82.0 Å². The molecule has 0 aliphatic carbocycles. The van der Waals surface area contributed by atoms with Gasteiger partial charge in [-0.3, -0.25) is 33.6 Å². The number of aliphatic hydroxyl groups is 1. The van der Waals surface area contributed by atoms with E-state index in [-0.39, 0.29) is 52.6 Å². The van der Waals surface area contributed by atoms with Crippen LogP contribution in [0.3, 0.4) is 0 Å². The molecule has 8 aromatic heterocycles. The molecular formula is C56H53N15O10S6. The SMILES string of the molecule is CNC(=O)C[C@@H]1NC(=O)c2csc(n2)-c2ccc(-c3nc(-c4nc(C(=O)N5CCC[C@@H]5C(N)=O)co4)cs3)nc2-c2csc(n2)-c2csc(n2)[C@@H]([C@H](O)c2ccccc2)NC(=O)CNC(=O)c2nc(sc2COC)[C@@H](C(C)C)NC(=O)c2nc1sc2C. The van der Waals surface area contributed by atoms with Crippen molar-refractivity contribution >= 4 is 109 Å². The standard InChI is InChI=1S/C56H53N15O10S6/c1-24(2)39-55-70-42(36(87-55)19-80-5)47(77)59-17-38(73)67-43(44(74)26-10-7-6-8-11-26)54-66-34(23-85-54)52-63-31(20-83-52)41-27(50-64-32(21-82-50)46(76)61-29(16-37(72)58-4)53-69-40(25(3)86-53)48(78)68-39)13-14-28(60-41)51-65-33(22-84-51)49-62-30(18-81-49)56(79)71-15-9-12-35(71)45(57)75/h6-8,10-11,13-14,18,20-24,29,35,39,43-44,74H,9,12,15-17,19H2,1-5H3,(H2,57,75)(H,58,72)(H,59,77)(H,61,76)(H,67,73)(H,68,78)/t29-,35+,39+,43+,44+/m0/s1. The minimum Gasteiger partial charge on any atom is -0.442 e. The number of carbonyl (C=O) groups is 7. The molecule has 2 aliphatic rings. The number of nitrogens with one attached hydrogen (secondary N) is 5. The van der Waals surface area contributed by atoms with Gasteiger partial charge in [0.2, 0.25) is 23.6 Å². The maximum absolute atomic E-state index is 14.4. The van der Waals surface area contributed by atoms with Crippen molar-refractivity contribution < 1.29 is 47.8 Å². The summed E-state index contributed by atoms with van der Waals surface area (Å²) in [6.45, 7) is 5.30. The van der Waals surface area contributed by atoms with Crippen molar-refractivity contribution in [2.45, 2.75) is 76.9 Å². The Balaban J connectivity index is 0.975. The maximum Gasteiger partial charge on any atom is 0.276 e. The third kappa shape index (κ3) is 12.9. The van der Waals surface area contributed by atoms with Gasteiger partial charge in [0, 0.05) is 52.7 Å². The van der Waals surface area contributed by atoms with Gasteiger partial charge < -0.3 is 51.5 Å². The summed E-state index contributed by atoms with van der Waals surface area (Å²) in [5.74, 6) is -4.18. The number of aliphatic hydroxyl groups excluding tert-OH is 1. The number of carbonyl (C=O) groups excluding carboxylic acids is 7. The normalized spacial score (nSPS) is 17.9. The van der Waals surface area contributed by atoms with E-state index in [1.54, 1.807) is 70.9 Å². The van der Waals surface area contributed by atoms with Gasteiger partial charge in [0.05, 0.1) is 42.2 Å². The lowest BCUT2D eigenvalue weighted by Gasteiger charge is -2.23. The number of fused-ring (bicyclic) bond motifs is 14. The van der Waals surface area contributed by atoms with E-state index < -0.39 is 78.2 Å². The highest BCUT2D eigenvalue weighted by Gasteiger charge is 2.36. The number of ether oxygens (including phenoxy) is 1. The van der Waals surface area contributed by atoms with E-state index in [4.69, 9.17) is 49.8 Å². The zero-order chi connectivity index (χ0) is 61.2. The number of oxazole rings is 1. The van der Waals surface area contributed by atoms with Gasteiger partial charge in [-0.05, 0) is 43.4 Å². The molecule has 7 amide bonds. The fourth-order valence-electron chi connectivity index (χ4n) is 9.62. The Labute approximate surface area is 519 Å². The highest BCUT2D eigenvalue weighted by atomic mass is 32.1. The minimum atomic E-state index is -1.29. The van der Waals surface area contributed by atoms with Crippen molar-refractivity contribution in [3.8, 4) is 54.9 Å². The van der Waals surface area contributed by atoms with Crippen LogP contribution in [0.2, 0.25) is 0 Å². The smallest absolute Gasteiger partial charge is 0.276 e. The van der Waals surface area contributed by atoms with E-state index in [2.05, 4.69) is 31.6 Å². The van der Waals surface area contributed by atoms with E-state index in [0.29, 0.717) is 93.8 Å². The zero-order valence-electron chi connectivity index (χ0n) is 46.8. The summed E-state index contributed by atoms with van der Waals surface area (Å²) in [4.78, 5) is 136. The van der Waals surface area contributed by atoms with Crippen LogP contribution in [-0.4, -0.2) is 125 Å². The molecule has 0 unspecified atom stereocenters. The number of benzene rings is 1. The summed E-state index contributed by atoms with van der Waals surface area (Å²) in [7, 11) is 2.94. The number of aryl methyl sites for hydroxylation is 1. The maximum atomic E-state index is 14.4. The molecule has 25 nitrogen and oxygen atoms in total. The van der Waals surface area contributed by atoms with Crippen LogP contribution in [0.25, 0.3) is 54.9 Å². The summed E-state index contributed by atoms with van der Waals surface area (Å²) in [6, 6.07) is 8.71. The molecule has 31 heteroatoms. The largest absolute Gasteiger partial charge is 0.442 e. The molecule has 11 rings (SSSR count). The number of primary amides is 1. The fraction of sp³-hybridized carbons (Fsp3) is 0.304. The van der Waals surface area contributed by atoms with E-state index in [9.17, 15) is 38.7 Å². The van der Waals surface area contributed by atoms with Crippen molar-refractivity contribution in [3.05, 3.63) is 123 Å². The number of hydrogen-bond acceptors (Lipinski definition) is 24. The molecule has 10 bridgehead atoms. The Morgan fingerprint density at radius 1 is 0.747 bits per heavy atom. The molecule has 1 aromatic carbocycles. The lowest BCUT2D eigenvalue weighted by molar-refractivity contribution is -0.122. The van der Waals surface area contributed by atoms with Gasteiger partial charge in [-0.25, -0.2) is 39.9 Å². The Morgan fingerprint density at radius 2 is 1.46 bits per heavy atom. The van der Waals surface area contributed by atoms with Crippen LogP contribution in [0.1, 0.15) is 130 Å². The van der Waals surface area contributed by atoms with Gasteiger partial charge >= 0.3 is 0 Å². The minimum absolute atomic E-state index is 0.00259. The molecule has 1 fully saturated rings. The van der Waals surface area contributed by atoms with Crippen LogP contribution < -0.4 is 32.3 Å². The summed E-state index contributed by atoms with van der Waals surface area (Å²) in [6.07, 6.45) is 0.783. The van der Waals surface area contributed by atoms with Crippen LogP contribution in [0.15, 0.2) is 74.7 Å². The Bertz CT molecular complexity index is 4090. The van der Waals surface area contributed by atoms with Gasteiger partial charge in [0.25, 0.3) is 23.6 Å². The second-order valence-corrected chi connectivity index (χ2v) is 26.1. The van der Waals surface area contributed by atoms with Gasteiger partial charge in [-0.1, -0.05) is 44.2 Å². The first-order valence-electron chi connectivity index (χ1n) is 26.9. The Morgan fingerprint density at radius 3 is 2.22 bits per heavy atom. The van der Waals surface area contributed by atoms with Crippen LogP contribution in [0, 0.1) is 12.8 Å². The van der Waals surface area contributed by atoms with Crippen molar-refractivity contribution in [2.75, 3.05) is 27.2 Å². The highest BCUT2D eigenvalue weighted by molar-refractivity contribution is 7.15. The molecule has 448 valence electrons. The number of nitrogens with zero attached hydrogens (tertiary/aromatic N) is 9. The number of methoxy groups -OCH3 is 1. The number of rotatable bonds is 11. The van der Waals surface area contributed by atoms with E-state index >= 15 is 0 Å². The molecular weight excluding hydrogens is 1240 g/mol. The van der Waals surface area contributed by atoms with E-state index in [0.717, 1.165) is 11.3 Å². The summed E-state index contributed by atoms with van der Waals surface area (Å²) in [5.41, 5.74) is 8.52. The molecule has 8 N–H and O–H groups in total. The Kier molecular flexibility index (Phi) is 17.9. The van der Waals surface area contributed by atoms with Crippen molar-refractivity contribution in [3.63, 3.8) is 0 Å². The molecule has 0 spiro atoms. The fourth-order valence-corrected chi connectivity index (χ4v) is 15.2. The van der Waals surface area contributed by atoms with Crippen LogP contribution in [0.4, 0.5) is 0 Å². The van der Waals surface area contributed by atoms with Gasteiger partial charge in [0.15, 0.2) is 5.69 Å². The highest BCUT2D eigenvalue weighted by Crippen LogP contribution is 2.40. The summed E-state index contributed by atoms with van der Waals surface area (Å²) < 4.78 is 11.2. The lowest BCUT2D eigenvalue weighted by Crippen LogP contribution is -2.43. The molecule has 0 saturated carbocycles. The first kappa shape index (κ1) is 60.3. The number of likely N-dealkylation sites (tertiary alicyclic amines) is 1. The topological polar surface area (TPSA) is 355 Å². The first-order chi connectivity index (χ1) is 41.9. The zero-order valence-corrected chi connectivity index (χ0v) is 51.7. The molecule has 9 aromatic rings. The van der Waals surface area contributed by atoms with E-state index in [1.807, 2.05) is 13.8 Å². The summed E-state index contributed by atoms with van der Waals surface area (Å²) in [5, 5.41) is 35.2. The van der Waals surface area contributed by atoms with Crippen LogP contribution >= 0.6 is 68.0 Å². The second-order valence-electron chi connectivity index (χ2n) is 20.3. The molecule has 10 heterocycles. The molecule has 0 radical (unpaired) electrons.